The maximum absolute atomic E-state index is 8.53. The molecule has 0 amide bonds. The molecule has 0 atom stereocenters. The predicted octanol–water partition coefficient (Wildman–Crippen LogP) is 2.51. The summed E-state index contributed by atoms with van der Waals surface area (Å²) in [4.78, 5) is 4.40. The number of fused-ring (bicyclic) bond motifs is 1. The number of aliphatic imine (C=N–C) groups is 1. The van der Waals surface area contributed by atoms with Crippen LogP contribution >= 0.6 is 0 Å². The second-order valence-electron chi connectivity index (χ2n) is 3.88. The summed E-state index contributed by atoms with van der Waals surface area (Å²) in [7, 11) is 0. The lowest BCUT2D eigenvalue weighted by atomic mass is 9.82. The van der Waals surface area contributed by atoms with Gasteiger partial charge in [0.15, 0.2) is 0 Å². The van der Waals surface area contributed by atoms with Gasteiger partial charge in [-0.25, -0.2) is 0 Å². The lowest BCUT2D eigenvalue weighted by molar-refractivity contribution is 0.322. The second-order valence-corrected chi connectivity index (χ2v) is 3.88. The van der Waals surface area contributed by atoms with Crippen LogP contribution in [0.25, 0.3) is 0 Å². The molecule has 72 valence electrons. The zero-order valence-corrected chi connectivity index (χ0v) is 8.23. The van der Waals surface area contributed by atoms with Gasteiger partial charge < -0.3 is 5.21 Å². The van der Waals surface area contributed by atoms with Crippen molar-refractivity contribution in [2.75, 3.05) is 0 Å². The van der Waals surface area contributed by atoms with Gasteiger partial charge in [-0.2, -0.15) is 0 Å². The molecular weight excluding hydrogens is 176 g/mol. The number of benzene rings is 1. The molecule has 1 heterocycles. The fraction of sp³-hybridized carbons (Fsp3) is 0.273. The minimum Gasteiger partial charge on any atom is -0.411 e. The fourth-order valence-electron chi connectivity index (χ4n) is 1.75. The van der Waals surface area contributed by atoms with Crippen molar-refractivity contribution in [3.05, 3.63) is 29.8 Å². The number of para-hydroxylation sites is 1. The third-order valence-electron chi connectivity index (χ3n) is 2.64. The molecule has 3 nitrogen and oxygen atoms in total. The van der Waals surface area contributed by atoms with Crippen molar-refractivity contribution in [1.29, 1.82) is 0 Å². The van der Waals surface area contributed by atoms with E-state index < -0.39 is 0 Å². The molecule has 14 heavy (non-hydrogen) atoms. The van der Waals surface area contributed by atoms with Gasteiger partial charge in [0.2, 0.25) is 0 Å². The first-order valence-electron chi connectivity index (χ1n) is 4.52. The topological polar surface area (TPSA) is 45.0 Å². The zero-order valence-electron chi connectivity index (χ0n) is 8.23. The van der Waals surface area contributed by atoms with Gasteiger partial charge in [0.25, 0.3) is 0 Å². The van der Waals surface area contributed by atoms with Crippen molar-refractivity contribution in [3.63, 3.8) is 0 Å². The van der Waals surface area contributed by atoms with E-state index in [1.807, 2.05) is 18.2 Å². The van der Waals surface area contributed by atoms with E-state index in [1.54, 1.807) is 0 Å². The van der Waals surface area contributed by atoms with Crippen LogP contribution in [0.3, 0.4) is 0 Å². The lowest BCUT2D eigenvalue weighted by Gasteiger charge is -2.19. The van der Waals surface area contributed by atoms with Crippen molar-refractivity contribution in [3.8, 4) is 0 Å². The van der Waals surface area contributed by atoms with Crippen LogP contribution in [0.1, 0.15) is 19.4 Å². The number of rotatable bonds is 1. The summed E-state index contributed by atoms with van der Waals surface area (Å²) in [6, 6.07) is 7.97. The van der Waals surface area contributed by atoms with Gasteiger partial charge in [0.1, 0.15) is 0 Å². The van der Waals surface area contributed by atoms with Crippen LogP contribution in [0.4, 0.5) is 5.69 Å². The van der Waals surface area contributed by atoms with Crippen LogP contribution in [0.5, 0.6) is 0 Å². The third-order valence-corrected chi connectivity index (χ3v) is 2.64. The maximum atomic E-state index is 8.53. The summed E-state index contributed by atoms with van der Waals surface area (Å²) in [5.41, 5.74) is 2.77. The molecule has 1 aliphatic rings. The normalized spacial score (nSPS) is 18.3. The summed E-state index contributed by atoms with van der Waals surface area (Å²) in [6.45, 7) is 4.14. The molecule has 1 aromatic carbocycles. The quantitative estimate of drug-likeness (QED) is 0.411. The maximum Gasteiger partial charge on any atom is 0.0885 e. The van der Waals surface area contributed by atoms with Crippen LogP contribution in [0.15, 0.2) is 34.4 Å². The average Bonchev–Trinajstić information content (AvgIpc) is 2.41. The van der Waals surface area contributed by atoms with Crippen molar-refractivity contribution in [1.82, 2.24) is 0 Å². The Morgan fingerprint density at radius 2 is 2.07 bits per heavy atom. The number of oxime groups is 1. The van der Waals surface area contributed by atoms with Crippen LogP contribution in [-0.2, 0) is 5.41 Å². The molecule has 0 unspecified atom stereocenters. The van der Waals surface area contributed by atoms with E-state index in [0.29, 0.717) is 0 Å². The Morgan fingerprint density at radius 1 is 1.36 bits per heavy atom. The minimum atomic E-state index is -0.164. The molecule has 0 saturated heterocycles. The highest BCUT2D eigenvalue weighted by Gasteiger charge is 2.33. The summed E-state index contributed by atoms with van der Waals surface area (Å²) in [6.07, 6.45) is 1.40. The second kappa shape index (κ2) is 2.94. The Labute approximate surface area is 82.8 Å². The molecule has 3 heteroatoms. The SMILES string of the molecule is CC1(C)C(/C=N\O)=Nc2ccccc21. The van der Waals surface area contributed by atoms with E-state index in [4.69, 9.17) is 5.21 Å². The number of hydrogen-bond donors (Lipinski definition) is 1. The predicted molar refractivity (Wildman–Crippen MR) is 56.8 cm³/mol. The first-order valence-corrected chi connectivity index (χ1v) is 4.52. The molecule has 1 aromatic rings. The third kappa shape index (κ3) is 1.13. The summed E-state index contributed by atoms with van der Waals surface area (Å²) < 4.78 is 0. The molecule has 0 spiro atoms. The van der Waals surface area contributed by atoms with Gasteiger partial charge >= 0.3 is 0 Å². The fourth-order valence-corrected chi connectivity index (χ4v) is 1.75. The van der Waals surface area contributed by atoms with E-state index in [1.165, 1.54) is 11.8 Å². The summed E-state index contributed by atoms with van der Waals surface area (Å²) in [5, 5.41) is 11.6. The van der Waals surface area contributed by atoms with E-state index in [9.17, 15) is 0 Å². The zero-order chi connectivity index (χ0) is 10.2. The monoisotopic (exact) mass is 188 g/mol. The number of hydrogen-bond acceptors (Lipinski definition) is 3. The Hall–Kier alpha value is -1.64. The highest BCUT2D eigenvalue weighted by molar-refractivity contribution is 6.36. The number of nitrogens with zero attached hydrogens (tertiary/aromatic N) is 2. The summed E-state index contributed by atoms with van der Waals surface area (Å²) >= 11 is 0. The molecule has 1 aliphatic heterocycles. The van der Waals surface area contributed by atoms with Crippen molar-refractivity contribution in [2.45, 2.75) is 19.3 Å². The molecule has 0 saturated carbocycles. The lowest BCUT2D eigenvalue weighted by Crippen LogP contribution is -2.26. The van der Waals surface area contributed by atoms with Gasteiger partial charge in [-0.15, -0.1) is 0 Å². The Morgan fingerprint density at radius 3 is 2.71 bits per heavy atom. The molecular formula is C11H12N2O. The Balaban J connectivity index is 2.56. The van der Waals surface area contributed by atoms with Gasteiger partial charge in [-0.05, 0) is 11.6 Å². The highest BCUT2D eigenvalue weighted by Crippen LogP contribution is 2.38. The largest absolute Gasteiger partial charge is 0.411 e. The van der Waals surface area contributed by atoms with E-state index >= 15 is 0 Å². The van der Waals surface area contributed by atoms with Crippen LogP contribution in [-0.4, -0.2) is 17.1 Å². The van der Waals surface area contributed by atoms with Gasteiger partial charge in [0.05, 0.1) is 17.6 Å². The first kappa shape index (κ1) is 8.94. The molecule has 0 fully saturated rings. The molecule has 0 bridgehead atoms. The van der Waals surface area contributed by atoms with Crippen molar-refractivity contribution < 1.29 is 5.21 Å². The standard InChI is InChI=1S/C11H12N2O/c1-11(2)8-5-3-4-6-9(8)13-10(11)7-12-14/h3-7,14H,1-2H3/b12-7-. The smallest absolute Gasteiger partial charge is 0.0885 e. The minimum absolute atomic E-state index is 0.164. The molecule has 0 radical (unpaired) electrons. The Kier molecular flexibility index (Phi) is 1.88. The molecule has 2 rings (SSSR count). The van der Waals surface area contributed by atoms with Crippen molar-refractivity contribution in [2.24, 2.45) is 10.1 Å². The Bertz CT molecular complexity index is 419. The average molecular weight is 188 g/mol. The van der Waals surface area contributed by atoms with Crippen LogP contribution in [0.2, 0.25) is 0 Å². The van der Waals surface area contributed by atoms with E-state index in [-0.39, 0.29) is 5.41 Å². The van der Waals surface area contributed by atoms with E-state index in [2.05, 4.69) is 30.1 Å². The van der Waals surface area contributed by atoms with E-state index in [0.717, 1.165) is 11.4 Å². The summed E-state index contributed by atoms with van der Waals surface area (Å²) in [5.74, 6) is 0. The molecule has 0 aromatic heterocycles. The highest BCUT2D eigenvalue weighted by atomic mass is 16.4. The van der Waals surface area contributed by atoms with Crippen LogP contribution in [0, 0.1) is 0 Å². The molecule has 1 N–H and O–H groups in total. The molecule has 0 aliphatic carbocycles. The first-order chi connectivity index (χ1) is 6.66. The van der Waals surface area contributed by atoms with Gasteiger partial charge in [0, 0.05) is 5.41 Å². The van der Waals surface area contributed by atoms with Gasteiger partial charge in [-0.3, -0.25) is 4.99 Å². The van der Waals surface area contributed by atoms with Gasteiger partial charge in [-0.1, -0.05) is 37.2 Å². The van der Waals surface area contributed by atoms with Crippen LogP contribution < -0.4 is 0 Å². The van der Waals surface area contributed by atoms with Crippen molar-refractivity contribution >= 4 is 17.6 Å².